The normalized spacial score (nSPS) is 17.2. The molecule has 0 saturated carbocycles. The van der Waals surface area contributed by atoms with E-state index in [0.29, 0.717) is 16.7 Å². The summed E-state index contributed by atoms with van der Waals surface area (Å²) in [7, 11) is 0. The number of hydrogen-bond acceptors (Lipinski definition) is 3. The lowest BCUT2D eigenvalue weighted by Gasteiger charge is -2.11. The Morgan fingerprint density at radius 1 is 1.04 bits per heavy atom. The van der Waals surface area contributed by atoms with Crippen LogP contribution in [0.1, 0.15) is 17.5 Å². The molecule has 2 aromatic rings. The zero-order valence-corrected chi connectivity index (χ0v) is 15.0. The molecule has 3 nitrogen and oxygen atoms in total. The number of rotatable bonds is 7. The summed E-state index contributed by atoms with van der Waals surface area (Å²) in [5.74, 6) is 1.61. The van der Waals surface area contributed by atoms with Crippen molar-refractivity contribution in [1.29, 1.82) is 0 Å². The first-order chi connectivity index (χ1) is 11.7. The van der Waals surface area contributed by atoms with Gasteiger partial charge in [0.05, 0.1) is 10.0 Å². The summed E-state index contributed by atoms with van der Waals surface area (Å²) in [5.41, 5.74) is 2.27. The summed E-state index contributed by atoms with van der Waals surface area (Å²) >= 11 is 11.9. The van der Waals surface area contributed by atoms with Gasteiger partial charge in [0, 0.05) is 6.54 Å². The second kappa shape index (κ2) is 8.72. The second-order valence-electron chi connectivity index (χ2n) is 6.17. The number of halogens is 2. The third-order valence-corrected chi connectivity index (χ3v) is 4.98. The van der Waals surface area contributed by atoms with Gasteiger partial charge in [0.1, 0.15) is 12.4 Å². The Hall–Kier alpha value is -1.26. The Kier molecular flexibility index (Phi) is 6.38. The number of hydrogen-bond donors (Lipinski definition) is 2. The lowest BCUT2D eigenvalue weighted by atomic mass is 10.1. The number of benzene rings is 2. The highest BCUT2D eigenvalue weighted by atomic mass is 35.5. The fourth-order valence-corrected chi connectivity index (χ4v) is 3.13. The average Bonchev–Trinajstić information content (AvgIpc) is 3.10. The van der Waals surface area contributed by atoms with E-state index in [2.05, 4.69) is 22.8 Å². The molecule has 0 aromatic heterocycles. The second-order valence-corrected chi connectivity index (χ2v) is 6.99. The molecule has 1 atom stereocenters. The van der Waals surface area contributed by atoms with Gasteiger partial charge in [-0.3, -0.25) is 0 Å². The van der Waals surface area contributed by atoms with E-state index in [-0.39, 0.29) is 0 Å². The first-order valence-electron chi connectivity index (χ1n) is 8.28. The molecule has 0 bridgehead atoms. The lowest BCUT2D eigenvalue weighted by Crippen LogP contribution is -2.23. The van der Waals surface area contributed by atoms with Crippen molar-refractivity contribution in [3.8, 4) is 5.75 Å². The van der Waals surface area contributed by atoms with E-state index in [0.717, 1.165) is 43.4 Å². The quantitative estimate of drug-likeness (QED) is 0.769. The summed E-state index contributed by atoms with van der Waals surface area (Å²) in [5, 5.41) is 8.03. The van der Waals surface area contributed by atoms with E-state index in [1.54, 1.807) is 6.07 Å². The maximum atomic E-state index is 6.01. The first-order valence-corrected chi connectivity index (χ1v) is 9.03. The molecular weight excluding hydrogens is 343 g/mol. The molecular formula is C19H22Cl2N2O. The van der Waals surface area contributed by atoms with Gasteiger partial charge in [-0.15, -0.1) is 0 Å². The van der Waals surface area contributed by atoms with Crippen molar-refractivity contribution in [2.24, 2.45) is 5.92 Å². The fourth-order valence-electron chi connectivity index (χ4n) is 2.81. The highest BCUT2D eigenvalue weighted by Crippen LogP contribution is 2.23. The van der Waals surface area contributed by atoms with E-state index < -0.39 is 0 Å². The van der Waals surface area contributed by atoms with E-state index in [1.165, 1.54) is 12.0 Å². The van der Waals surface area contributed by atoms with Crippen LogP contribution in [0.5, 0.6) is 5.75 Å². The minimum atomic E-state index is 0.475. The molecule has 1 saturated heterocycles. The molecule has 0 spiro atoms. The molecule has 3 rings (SSSR count). The van der Waals surface area contributed by atoms with Crippen molar-refractivity contribution in [2.45, 2.75) is 19.6 Å². The van der Waals surface area contributed by atoms with Gasteiger partial charge in [0.2, 0.25) is 0 Å². The van der Waals surface area contributed by atoms with Gasteiger partial charge in [-0.2, -0.15) is 0 Å². The Morgan fingerprint density at radius 3 is 2.54 bits per heavy atom. The van der Waals surface area contributed by atoms with Crippen molar-refractivity contribution < 1.29 is 4.74 Å². The predicted molar refractivity (Wildman–Crippen MR) is 99.9 cm³/mol. The van der Waals surface area contributed by atoms with Crippen LogP contribution in [0.25, 0.3) is 0 Å². The third-order valence-electron chi connectivity index (χ3n) is 4.24. The molecule has 24 heavy (non-hydrogen) atoms. The van der Waals surface area contributed by atoms with Crippen LogP contribution in [-0.2, 0) is 13.2 Å². The Bertz CT molecular complexity index is 655. The van der Waals surface area contributed by atoms with Crippen LogP contribution < -0.4 is 15.4 Å². The smallest absolute Gasteiger partial charge is 0.119 e. The van der Waals surface area contributed by atoms with Gasteiger partial charge in [0.25, 0.3) is 0 Å². The van der Waals surface area contributed by atoms with Gasteiger partial charge in [-0.25, -0.2) is 0 Å². The standard InChI is InChI=1S/C19H22Cl2N2O/c20-18-6-3-15(9-19(18)21)13-24-17-4-1-14(2-5-17)10-23-12-16-7-8-22-11-16/h1-6,9,16,22-23H,7-8,10-13H2. The highest BCUT2D eigenvalue weighted by Gasteiger charge is 2.13. The van der Waals surface area contributed by atoms with E-state index in [4.69, 9.17) is 27.9 Å². The highest BCUT2D eigenvalue weighted by molar-refractivity contribution is 6.42. The molecule has 0 radical (unpaired) electrons. The molecule has 0 amide bonds. The Balaban J connectivity index is 1.44. The van der Waals surface area contributed by atoms with E-state index >= 15 is 0 Å². The molecule has 1 heterocycles. The topological polar surface area (TPSA) is 33.3 Å². The molecule has 1 aliphatic rings. The van der Waals surface area contributed by atoms with E-state index in [9.17, 15) is 0 Å². The minimum Gasteiger partial charge on any atom is -0.489 e. The molecule has 128 valence electrons. The number of ether oxygens (including phenoxy) is 1. The van der Waals surface area contributed by atoms with Gasteiger partial charge >= 0.3 is 0 Å². The minimum absolute atomic E-state index is 0.475. The lowest BCUT2D eigenvalue weighted by molar-refractivity contribution is 0.306. The molecule has 2 N–H and O–H groups in total. The zero-order chi connectivity index (χ0) is 16.8. The van der Waals surface area contributed by atoms with Crippen LogP contribution in [0.4, 0.5) is 0 Å². The fraction of sp³-hybridized carbons (Fsp3) is 0.368. The van der Waals surface area contributed by atoms with Gasteiger partial charge in [-0.1, -0.05) is 41.4 Å². The van der Waals surface area contributed by atoms with Crippen LogP contribution in [0.3, 0.4) is 0 Å². The van der Waals surface area contributed by atoms with Crippen LogP contribution in [-0.4, -0.2) is 19.6 Å². The van der Waals surface area contributed by atoms with Crippen LogP contribution >= 0.6 is 23.2 Å². The summed E-state index contributed by atoms with van der Waals surface area (Å²) in [4.78, 5) is 0. The molecule has 2 aromatic carbocycles. The zero-order valence-electron chi connectivity index (χ0n) is 13.5. The number of nitrogens with one attached hydrogen (secondary N) is 2. The maximum absolute atomic E-state index is 6.01. The summed E-state index contributed by atoms with van der Waals surface area (Å²) in [6.45, 7) is 4.72. The molecule has 1 unspecified atom stereocenters. The monoisotopic (exact) mass is 364 g/mol. The molecule has 1 fully saturated rings. The van der Waals surface area contributed by atoms with Crippen molar-refractivity contribution in [2.75, 3.05) is 19.6 Å². The van der Waals surface area contributed by atoms with Gasteiger partial charge in [0.15, 0.2) is 0 Å². The van der Waals surface area contributed by atoms with Crippen molar-refractivity contribution >= 4 is 23.2 Å². The van der Waals surface area contributed by atoms with Crippen LogP contribution in [0.2, 0.25) is 10.0 Å². The Labute approximate surface area is 153 Å². The first kappa shape index (κ1) is 17.6. The van der Waals surface area contributed by atoms with Gasteiger partial charge < -0.3 is 15.4 Å². The largest absolute Gasteiger partial charge is 0.489 e. The third kappa shape index (κ3) is 5.12. The average molecular weight is 365 g/mol. The van der Waals surface area contributed by atoms with Gasteiger partial charge in [-0.05, 0) is 67.4 Å². The Morgan fingerprint density at radius 2 is 1.83 bits per heavy atom. The van der Waals surface area contributed by atoms with Crippen molar-refractivity contribution in [3.05, 3.63) is 63.6 Å². The molecule has 1 aliphatic heterocycles. The van der Waals surface area contributed by atoms with Crippen molar-refractivity contribution in [3.63, 3.8) is 0 Å². The van der Waals surface area contributed by atoms with E-state index in [1.807, 2.05) is 24.3 Å². The molecule has 0 aliphatic carbocycles. The SMILES string of the molecule is Clc1ccc(COc2ccc(CNCC3CCNC3)cc2)cc1Cl. The van der Waals surface area contributed by atoms with Crippen LogP contribution in [0.15, 0.2) is 42.5 Å². The predicted octanol–water partition coefficient (Wildman–Crippen LogP) is 4.27. The molecule has 5 heteroatoms. The van der Waals surface area contributed by atoms with Crippen LogP contribution in [0, 0.1) is 5.92 Å². The summed E-state index contributed by atoms with van der Waals surface area (Å²) < 4.78 is 5.80. The van der Waals surface area contributed by atoms with Crippen molar-refractivity contribution in [1.82, 2.24) is 10.6 Å². The maximum Gasteiger partial charge on any atom is 0.119 e. The summed E-state index contributed by atoms with van der Waals surface area (Å²) in [6, 6.07) is 13.8. The summed E-state index contributed by atoms with van der Waals surface area (Å²) in [6.07, 6.45) is 1.27.